The zero-order valence-electron chi connectivity index (χ0n) is 22.2. The Morgan fingerprint density at radius 1 is 0.686 bits per heavy atom. The number of rotatable bonds is 8. The van der Waals surface area contributed by atoms with Crippen molar-refractivity contribution in [1.82, 2.24) is 0 Å². The predicted octanol–water partition coefficient (Wildman–Crippen LogP) is 7.93. The van der Waals surface area contributed by atoms with Crippen LogP contribution in [0.3, 0.4) is 0 Å². The van der Waals surface area contributed by atoms with Crippen LogP contribution in [0.1, 0.15) is 113 Å². The molecule has 0 N–H and O–H groups in total. The summed E-state index contributed by atoms with van der Waals surface area (Å²) in [5.74, 6) is -0.00796. The first-order valence-electron chi connectivity index (χ1n) is 12.4. The van der Waals surface area contributed by atoms with Crippen molar-refractivity contribution in [2.75, 3.05) is 0 Å². The van der Waals surface area contributed by atoms with E-state index in [4.69, 9.17) is 0 Å². The largest absolute Gasteiger partial charge is 0.313 e. The molecule has 0 aliphatic rings. The first-order chi connectivity index (χ1) is 16.5. The first-order valence-corrected chi connectivity index (χ1v) is 13.8. The van der Waals surface area contributed by atoms with E-state index in [1.165, 1.54) is 0 Å². The molecule has 0 saturated heterocycles. The summed E-state index contributed by atoms with van der Waals surface area (Å²) in [6, 6.07) is 16.9. The summed E-state index contributed by atoms with van der Waals surface area (Å²) in [5.41, 5.74) is 5.67. The zero-order chi connectivity index (χ0) is 26.0. The van der Waals surface area contributed by atoms with E-state index in [0.29, 0.717) is 22.0 Å². The van der Waals surface area contributed by atoms with Gasteiger partial charge in [-0.1, -0.05) is 96.1 Å². The lowest BCUT2D eigenvalue weighted by Crippen LogP contribution is -2.25. The van der Waals surface area contributed by atoms with E-state index in [2.05, 4.69) is 27.7 Å². The van der Waals surface area contributed by atoms with Gasteiger partial charge >= 0.3 is 0 Å². The van der Waals surface area contributed by atoms with Gasteiger partial charge in [0.15, 0.2) is 13.6 Å². The van der Waals surface area contributed by atoms with Crippen molar-refractivity contribution in [3.05, 3.63) is 99.1 Å². The van der Waals surface area contributed by atoms with Gasteiger partial charge in [-0.2, -0.15) is 0 Å². The second-order valence-corrected chi connectivity index (χ2v) is 11.9. The van der Waals surface area contributed by atoms with E-state index in [0.717, 1.165) is 27.8 Å². The minimum absolute atomic E-state index is 0.0561. The fourth-order valence-electron chi connectivity index (χ4n) is 4.88. The molecule has 0 spiro atoms. The standard InChI is InChI=1S/C31H37O3P/c1-18(2)24-17-25(19(3)4)30(35(34)31(33)27-21(7)13-12-14-22(27)8)26(20(5)6)28(24)29(32)23-15-10-9-11-16-23/h9-20,35H,1-8H3. The van der Waals surface area contributed by atoms with E-state index in [1.54, 1.807) is 0 Å². The van der Waals surface area contributed by atoms with E-state index in [1.807, 2.05) is 82.3 Å². The maximum atomic E-state index is 14.2. The first kappa shape index (κ1) is 26.8. The Labute approximate surface area is 210 Å². The highest BCUT2D eigenvalue weighted by atomic mass is 31.1. The predicted molar refractivity (Wildman–Crippen MR) is 147 cm³/mol. The molecule has 3 aromatic rings. The number of carbonyl (C=O) groups is 2. The maximum Gasteiger partial charge on any atom is 0.223 e. The molecule has 0 aromatic heterocycles. The molecule has 3 rings (SSSR count). The minimum Gasteiger partial charge on any atom is -0.313 e. The van der Waals surface area contributed by atoms with Crippen molar-refractivity contribution in [2.45, 2.75) is 73.1 Å². The number of carbonyl (C=O) groups excluding carboxylic acids is 2. The monoisotopic (exact) mass is 488 g/mol. The van der Waals surface area contributed by atoms with Crippen LogP contribution in [0, 0.1) is 13.8 Å². The number of hydrogen-bond donors (Lipinski definition) is 0. The number of aryl methyl sites for hydroxylation is 2. The molecule has 3 aromatic carbocycles. The van der Waals surface area contributed by atoms with Gasteiger partial charge in [0.1, 0.15) is 0 Å². The third kappa shape index (κ3) is 5.26. The topological polar surface area (TPSA) is 51.2 Å². The molecule has 3 nitrogen and oxygen atoms in total. The number of hydrogen-bond acceptors (Lipinski definition) is 3. The van der Waals surface area contributed by atoms with Crippen molar-refractivity contribution in [3.63, 3.8) is 0 Å². The summed E-state index contributed by atoms with van der Waals surface area (Å²) in [6.45, 7) is 16.1. The van der Waals surface area contributed by atoms with E-state index in [9.17, 15) is 14.2 Å². The van der Waals surface area contributed by atoms with Gasteiger partial charge in [0.25, 0.3) is 0 Å². The summed E-state index contributed by atoms with van der Waals surface area (Å²) in [5, 5.41) is 0.580. The highest BCUT2D eigenvalue weighted by Crippen LogP contribution is 2.40. The molecule has 184 valence electrons. The van der Waals surface area contributed by atoms with Crippen LogP contribution in [0.5, 0.6) is 0 Å². The van der Waals surface area contributed by atoms with Gasteiger partial charge < -0.3 is 4.57 Å². The second kappa shape index (κ2) is 10.9. The molecule has 1 atom stereocenters. The average molecular weight is 489 g/mol. The summed E-state index contributed by atoms with van der Waals surface area (Å²) in [7, 11) is -2.91. The molecule has 4 heteroatoms. The van der Waals surface area contributed by atoms with Gasteiger partial charge in [-0.15, -0.1) is 0 Å². The molecule has 0 aliphatic heterocycles. The Kier molecular flexibility index (Phi) is 8.34. The molecule has 0 amide bonds. The van der Waals surface area contributed by atoms with E-state index >= 15 is 0 Å². The van der Waals surface area contributed by atoms with Gasteiger partial charge in [0.05, 0.1) is 0 Å². The van der Waals surface area contributed by atoms with Crippen LogP contribution in [-0.2, 0) is 4.57 Å². The summed E-state index contributed by atoms with van der Waals surface area (Å²) in [6.07, 6.45) is 0. The molecule has 1 unspecified atom stereocenters. The maximum absolute atomic E-state index is 14.2. The molecular formula is C31H37O3P. The molecule has 35 heavy (non-hydrogen) atoms. The molecule has 0 bridgehead atoms. The van der Waals surface area contributed by atoms with Gasteiger partial charge in [0.2, 0.25) is 5.52 Å². The minimum atomic E-state index is -2.91. The van der Waals surface area contributed by atoms with Crippen molar-refractivity contribution >= 4 is 24.4 Å². The highest BCUT2D eigenvalue weighted by Gasteiger charge is 2.32. The van der Waals surface area contributed by atoms with E-state index in [-0.39, 0.29) is 29.1 Å². The second-order valence-electron chi connectivity index (χ2n) is 10.3. The molecule has 0 heterocycles. The zero-order valence-corrected chi connectivity index (χ0v) is 23.2. The summed E-state index contributed by atoms with van der Waals surface area (Å²) < 4.78 is 14.2. The van der Waals surface area contributed by atoms with Gasteiger partial charge in [-0.25, -0.2) is 0 Å². The van der Waals surface area contributed by atoms with Crippen molar-refractivity contribution in [2.24, 2.45) is 0 Å². The molecule has 0 aliphatic carbocycles. The Morgan fingerprint density at radius 3 is 1.71 bits per heavy atom. The van der Waals surface area contributed by atoms with Gasteiger partial charge in [-0.3, -0.25) is 9.59 Å². The fourth-order valence-corrected chi connectivity index (χ4v) is 7.01. The van der Waals surface area contributed by atoms with Crippen molar-refractivity contribution in [1.29, 1.82) is 0 Å². The van der Waals surface area contributed by atoms with Crippen LogP contribution in [-0.4, -0.2) is 11.3 Å². The molecule has 0 saturated carbocycles. The quantitative estimate of drug-likeness (QED) is 0.239. The molecular weight excluding hydrogens is 451 g/mol. The lowest BCUT2D eigenvalue weighted by molar-refractivity contribution is 0.103. The summed E-state index contributed by atoms with van der Waals surface area (Å²) >= 11 is 0. The SMILES string of the molecule is Cc1cccc(C)c1C(=O)[PH](=O)c1c(C(C)C)cc(C(C)C)c(C(=O)c2ccccc2)c1C(C)C. The number of ketones is 1. The molecule has 0 fully saturated rings. The Hall–Kier alpha value is -2.77. The van der Waals surface area contributed by atoms with Crippen LogP contribution < -0.4 is 5.30 Å². The van der Waals surface area contributed by atoms with Gasteiger partial charge in [0, 0.05) is 22.0 Å². The highest BCUT2D eigenvalue weighted by molar-refractivity contribution is 7.71. The van der Waals surface area contributed by atoms with E-state index < -0.39 is 7.80 Å². The normalized spacial score (nSPS) is 12.4. The Morgan fingerprint density at radius 2 is 1.23 bits per heavy atom. The average Bonchev–Trinajstić information content (AvgIpc) is 2.81. The third-order valence-electron chi connectivity index (χ3n) is 6.65. The van der Waals surface area contributed by atoms with Crippen LogP contribution in [0.15, 0.2) is 54.6 Å². The fraction of sp³-hybridized carbons (Fsp3) is 0.355. The lowest BCUT2D eigenvalue weighted by Gasteiger charge is -2.27. The van der Waals surface area contributed by atoms with Crippen LogP contribution in [0.25, 0.3) is 0 Å². The number of benzene rings is 3. The summed E-state index contributed by atoms with van der Waals surface area (Å²) in [4.78, 5) is 27.7. The van der Waals surface area contributed by atoms with Crippen LogP contribution in [0.4, 0.5) is 0 Å². The Bertz CT molecular complexity index is 1260. The lowest BCUT2D eigenvalue weighted by atomic mass is 9.81. The van der Waals surface area contributed by atoms with Crippen molar-refractivity contribution < 1.29 is 14.2 Å². The van der Waals surface area contributed by atoms with Gasteiger partial charge in [-0.05, 0) is 59.4 Å². The third-order valence-corrected chi connectivity index (χ3v) is 8.33. The van der Waals surface area contributed by atoms with Crippen LogP contribution >= 0.6 is 7.80 Å². The smallest absolute Gasteiger partial charge is 0.223 e. The van der Waals surface area contributed by atoms with Crippen LogP contribution in [0.2, 0.25) is 0 Å². The van der Waals surface area contributed by atoms with Crippen molar-refractivity contribution in [3.8, 4) is 0 Å². The molecule has 0 radical (unpaired) electrons. The Balaban J connectivity index is 2.40.